The molecule has 0 saturated carbocycles. The van der Waals surface area contributed by atoms with Gasteiger partial charge in [-0.15, -0.1) is 0 Å². The summed E-state index contributed by atoms with van der Waals surface area (Å²) in [5, 5.41) is 10.8. The summed E-state index contributed by atoms with van der Waals surface area (Å²) in [5.74, 6) is -0.166. The van der Waals surface area contributed by atoms with Crippen molar-refractivity contribution in [2.24, 2.45) is 11.8 Å². The maximum Gasteiger partial charge on any atom is 0.262 e. The van der Waals surface area contributed by atoms with Crippen LogP contribution in [0, 0.1) is 11.8 Å². The summed E-state index contributed by atoms with van der Waals surface area (Å²) in [6.45, 7) is 11.7. The summed E-state index contributed by atoms with van der Waals surface area (Å²) in [4.78, 5) is 12.5. The zero-order chi connectivity index (χ0) is 23.2. The third-order valence-electron chi connectivity index (χ3n) is 5.01. The summed E-state index contributed by atoms with van der Waals surface area (Å²) in [5.41, 5.74) is 1.62. The average Bonchev–Trinajstić information content (AvgIpc) is 2.73. The standard InChI is InChI=1S/C23H32N2O5S/c1-6-13-30-20-9-7-19-15-21(10-8-18(19)14-20)31(28,29)25(12-11-16(2)3)22(17(4)5)23(26)24-27/h6-10,14-17,22,27H,1,11-13H2,2-5H3,(H,24,26). The number of nitrogens with zero attached hydrogens (tertiary/aromatic N) is 1. The fourth-order valence-corrected chi connectivity index (χ4v) is 5.14. The number of hydrogen-bond acceptors (Lipinski definition) is 5. The summed E-state index contributed by atoms with van der Waals surface area (Å²) < 4.78 is 33.9. The maximum absolute atomic E-state index is 13.6. The van der Waals surface area contributed by atoms with Gasteiger partial charge in [0.15, 0.2) is 0 Å². The molecule has 170 valence electrons. The number of rotatable bonds is 11. The lowest BCUT2D eigenvalue weighted by Crippen LogP contribution is -2.52. The minimum atomic E-state index is -3.99. The smallest absolute Gasteiger partial charge is 0.262 e. The number of benzene rings is 2. The van der Waals surface area contributed by atoms with Crippen molar-refractivity contribution in [3.63, 3.8) is 0 Å². The fraction of sp³-hybridized carbons (Fsp3) is 0.435. The van der Waals surface area contributed by atoms with Crippen LogP contribution in [0.15, 0.2) is 53.9 Å². The molecule has 0 aliphatic heterocycles. The van der Waals surface area contributed by atoms with Crippen LogP contribution in [-0.4, -0.2) is 43.0 Å². The molecule has 0 bridgehead atoms. The van der Waals surface area contributed by atoms with Crippen molar-refractivity contribution in [2.45, 2.75) is 45.1 Å². The molecule has 0 aliphatic carbocycles. The predicted octanol–water partition coefficient (Wildman–Crippen LogP) is 3.97. The molecule has 2 N–H and O–H groups in total. The average molecular weight is 449 g/mol. The highest BCUT2D eigenvalue weighted by Gasteiger charge is 2.37. The molecule has 2 aromatic rings. The van der Waals surface area contributed by atoms with Crippen LogP contribution < -0.4 is 10.2 Å². The summed E-state index contributed by atoms with van der Waals surface area (Å²) in [7, 11) is -3.99. The molecule has 8 heteroatoms. The number of sulfonamides is 1. The van der Waals surface area contributed by atoms with Crippen LogP contribution in [0.25, 0.3) is 10.8 Å². The Morgan fingerprint density at radius 2 is 1.81 bits per heavy atom. The van der Waals surface area contributed by atoms with Crippen molar-refractivity contribution in [3.8, 4) is 5.75 Å². The van der Waals surface area contributed by atoms with E-state index in [0.29, 0.717) is 18.8 Å². The van der Waals surface area contributed by atoms with Crippen molar-refractivity contribution in [2.75, 3.05) is 13.2 Å². The third kappa shape index (κ3) is 6.06. The van der Waals surface area contributed by atoms with Crippen molar-refractivity contribution in [3.05, 3.63) is 49.1 Å². The Kier molecular flexibility index (Phi) is 8.61. The highest BCUT2D eigenvalue weighted by Crippen LogP contribution is 2.28. The van der Waals surface area contributed by atoms with Gasteiger partial charge in [-0.1, -0.05) is 52.5 Å². The lowest BCUT2D eigenvalue weighted by atomic mass is 10.0. The van der Waals surface area contributed by atoms with E-state index < -0.39 is 22.0 Å². The molecule has 1 unspecified atom stereocenters. The number of amides is 1. The van der Waals surface area contributed by atoms with Gasteiger partial charge in [-0.25, -0.2) is 13.9 Å². The topological polar surface area (TPSA) is 95.9 Å². The number of hydroxylamine groups is 1. The monoisotopic (exact) mass is 448 g/mol. The zero-order valence-corrected chi connectivity index (χ0v) is 19.4. The van der Waals surface area contributed by atoms with Crippen LogP contribution in [0.3, 0.4) is 0 Å². The predicted molar refractivity (Wildman–Crippen MR) is 122 cm³/mol. The molecular weight excluding hydrogens is 416 g/mol. The Bertz CT molecular complexity index is 1020. The Morgan fingerprint density at radius 1 is 1.16 bits per heavy atom. The van der Waals surface area contributed by atoms with Gasteiger partial charge < -0.3 is 4.74 Å². The van der Waals surface area contributed by atoms with Crippen molar-refractivity contribution < 1.29 is 23.2 Å². The van der Waals surface area contributed by atoms with Gasteiger partial charge in [0.25, 0.3) is 5.91 Å². The molecule has 1 atom stereocenters. The number of fused-ring (bicyclic) bond motifs is 1. The van der Waals surface area contributed by atoms with E-state index >= 15 is 0 Å². The van der Waals surface area contributed by atoms with Gasteiger partial charge in [0.1, 0.15) is 18.4 Å². The highest BCUT2D eigenvalue weighted by molar-refractivity contribution is 7.89. The molecule has 31 heavy (non-hydrogen) atoms. The van der Waals surface area contributed by atoms with Gasteiger partial charge in [-0.05, 0) is 53.3 Å². The maximum atomic E-state index is 13.6. The van der Waals surface area contributed by atoms with E-state index in [4.69, 9.17) is 4.74 Å². The molecule has 0 radical (unpaired) electrons. The van der Waals surface area contributed by atoms with Crippen LogP contribution in [0.5, 0.6) is 5.75 Å². The lowest BCUT2D eigenvalue weighted by Gasteiger charge is -2.32. The largest absolute Gasteiger partial charge is 0.490 e. The first-order valence-electron chi connectivity index (χ1n) is 10.3. The summed E-state index contributed by atoms with van der Waals surface area (Å²) in [6, 6.07) is 9.23. The zero-order valence-electron chi connectivity index (χ0n) is 18.5. The van der Waals surface area contributed by atoms with Gasteiger partial charge >= 0.3 is 0 Å². The molecular formula is C23H32N2O5S. The molecule has 2 aromatic carbocycles. The first kappa shape index (κ1) is 24.8. The van der Waals surface area contributed by atoms with Crippen molar-refractivity contribution in [1.82, 2.24) is 9.79 Å². The highest BCUT2D eigenvalue weighted by atomic mass is 32.2. The second-order valence-corrected chi connectivity index (χ2v) is 10.1. The van der Waals surface area contributed by atoms with E-state index in [2.05, 4.69) is 6.58 Å². The van der Waals surface area contributed by atoms with Gasteiger partial charge in [0, 0.05) is 6.54 Å². The third-order valence-corrected chi connectivity index (χ3v) is 6.88. The van der Waals surface area contributed by atoms with Crippen molar-refractivity contribution >= 4 is 26.7 Å². The minimum absolute atomic E-state index is 0.0971. The Labute approximate surface area is 184 Å². The van der Waals surface area contributed by atoms with Gasteiger partial charge in [0.2, 0.25) is 10.0 Å². The van der Waals surface area contributed by atoms with Crippen LogP contribution in [0.2, 0.25) is 0 Å². The molecule has 0 fully saturated rings. The van der Waals surface area contributed by atoms with Crippen LogP contribution >= 0.6 is 0 Å². The minimum Gasteiger partial charge on any atom is -0.490 e. The summed E-state index contributed by atoms with van der Waals surface area (Å²) in [6.07, 6.45) is 2.23. The summed E-state index contributed by atoms with van der Waals surface area (Å²) >= 11 is 0. The van der Waals surface area contributed by atoms with Gasteiger partial charge in [-0.2, -0.15) is 4.31 Å². The normalized spacial score (nSPS) is 13.0. The van der Waals surface area contributed by atoms with E-state index in [1.807, 2.05) is 19.9 Å². The second kappa shape index (κ2) is 10.7. The lowest BCUT2D eigenvalue weighted by molar-refractivity contribution is -0.134. The van der Waals surface area contributed by atoms with Crippen molar-refractivity contribution in [1.29, 1.82) is 0 Å². The number of nitrogens with one attached hydrogen (secondary N) is 1. The van der Waals surface area contributed by atoms with E-state index in [1.54, 1.807) is 49.7 Å². The molecule has 0 spiro atoms. The van der Waals surface area contributed by atoms with Gasteiger partial charge in [0.05, 0.1) is 4.90 Å². The first-order chi connectivity index (χ1) is 14.6. The number of ether oxygens (including phenoxy) is 1. The molecule has 7 nitrogen and oxygen atoms in total. The molecule has 2 rings (SSSR count). The number of carbonyl (C=O) groups excluding carboxylic acids is 1. The molecule has 0 saturated heterocycles. The molecule has 0 aromatic heterocycles. The quantitative estimate of drug-likeness (QED) is 0.308. The van der Waals surface area contributed by atoms with Crippen LogP contribution in [0.1, 0.15) is 34.1 Å². The van der Waals surface area contributed by atoms with E-state index in [-0.39, 0.29) is 23.3 Å². The Hall–Kier alpha value is -2.42. The number of carbonyl (C=O) groups is 1. The first-order valence-corrected chi connectivity index (χ1v) is 11.8. The van der Waals surface area contributed by atoms with Crippen LogP contribution in [0.4, 0.5) is 0 Å². The molecule has 0 aliphatic rings. The van der Waals surface area contributed by atoms with E-state index in [0.717, 1.165) is 10.8 Å². The molecule has 0 heterocycles. The van der Waals surface area contributed by atoms with Crippen LogP contribution in [-0.2, 0) is 14.8 Å². The van der Waals surface area contributed by atoms with Gasteiger partial charge in [-0.3, -0.25) is 10.0 Å². The second-order valence-electron chi connectivity index (χ2n) is 8.23. The fourth-order valence-electron chi connectivity index (χ4n) is 3.37. The van der Waals surface area contributed by atoms with E-state index in [9.17, 15) is 18.4 Å². The number of hydrogen-bond donors (Lipinski definition) is 2. The Balaban J connectivity index is 2.50. The van der Waals surface area contributed by atoms with E-state index in [1.165, 1.54) is 10.4 Å². The molecule has 1 amide bonds. The Morgan fingerprint density at radius 3 is 2.39 bits per heavy atom. The SMILES string of the molecule is C=CCOc1ccc2cc(S(=O)(=O)N(CCC(C)C)C(C(=O)NO)C(C)C)ccc2c1.